The zero-order chi connectivity index (χ0) is 19.3. The third-order valence-electron chi connectivity index (χ3n) is 4.68. The van der Waals surface area contributed by atoms with Crippen LogP contribution in [-0.2, 0) is 11.3 Å². The molecule has 0 unspecified atom stereocenters. The van der Waals surface area contributed by atoms with Crippen molar-refractivity contribution in [2.45, 2.75) is 32.2 Å². The SMILES string of the molecule is O=C(O)CCCCCn1c(-c2ccccc2-c2nn[nH]n2)nc2ccccc21. The topological polar surface area (TPSA) is 110 Å². The summed E-state index contributed by atoms with van der Waals surface area (Å²) in [7, 11) is 0. The van der Waals surface area contributed by atoms with E-state index in [1.807, 2.05) is 42.5 Å². The largest absolute Gasteiger partial charge is 0.481 e. The van der Waals surface area contributed by atoms with Crippen molar-refractivity contribution in [3.8, 4) is 22.8 Å². The van der Waals surface area contributed by atoms with Gasteiger partial charge in [0.1, 0.15) is 5.82 Å². The molecular weight excluding hydrogens is 356 g/mol. The Kier molecular flexibility index (Phi) is 5.09. The van der Waals surface area contributed by atoms with E-state index >= 15 is 0 Å². The Balaban J connectivity index is 1.71. The number of carboxylic acid groups (broad SMARTS) is 1. The van der Waals surface area contributed by atoms with Crippen molar-refractivity contribution in [1.29, 1.82) is 0 Å². The molecule has 0 aliphatic carbocycles. The zero-order valence-electron chi connectivity index (χ0n) is 15.2. The van der Waals surface area contributed by atoms with Gasteiger partial charge in [-0.05, 0) is 30.2 Å². The number of benzene rings is 2. The molecule has 0 atom stereocenters. The molecule has 2 aromatic heterocycles. The minimum atomic E-state index is -0.747. The third-order valence-corrected chi connectivity index (χ3v) is 4.68. The summed E-state index contributed by atoms with van der Waals surface area (Å²) >= 11 is 0. The van der Waals surface area contributed by atoms with Gasteiger partial charge in [-0.25, -0.2) is 4.98 Å². The smallest absolute Gasteiger partial charge is 0.303 e. The van der Waals surface area contributed by atoms with Crippen LogP contribution >= 0.6 is 0 Å². The maximum absolute atomic E-state index is 10.7. The van der Waals surface area contributed by atoms with Crippen LogP contribution in [0.5, 0.6) is 0 Å². The number of imidazole rings is 1. The second-order valence-corrected chi connectivity index (χ2v) is 6.56. The van der Waals surface area contributed by atoms with Crippen LogP contribution in [0.4, 0.5) is 0 Å². The van der Waals surface area contributed by atoms with Crippen LogP contribution in [0, 0.1) is 0 Å². The van der Waals surface area contributed by atoms with Crippen LogP contribution in [0.2, 0.25) is 0 Å². The molecule has 2 aromatic carbocycles. The predicted molar refractivity (Wildman–Crippen MR) is 104 cm³/mol. The predicted octanol–water partition coefficient (Wildman–Crippen LogP) is 3.53. The minimum absolute atomic E-state index is 0.207. The van der Waals surface area contributed by atoms with E-state index in [2.05, 4.69) is 31.3 Å². The van der Waals surface area contributed by atoms with Crippen molar-refractivity contribution < 1.29 is 9.90 Å². The number of tetrazole rings is 1. The van der Waals surface area contributed by atoms with E-state index in [9.17, 15) is 4.79 Å². The zero-order valence-corrected chi connectivity index (χ0v) is 15.2. The Morgan fingerprint density at radius 3 is 2.57 bits per heavy atom. The highest BCUT2D eigenvalue weighted by Crippen LogP contribution is 2.32. The number of hydrogen-bond acceptors (Lipinski definition) is 5. The van der Waals surface area contributed by atoms with Gasteiger partial charge in [0.15, 0.2) is 0 Å². The van der Waals surface area contributed by atoms with Gasteiger partial charge in [0.25, 0.3) is 0 Å². The summed E-state index contributed by atoms with van der Waals surface area (Å²) in [6.45, 7) is 0.760. The first-order valence-corrected chi connectivity index (χ1v) is 9.24. The third kappa shape index (κ3) is 3.62. The molecule has 2 N–H and O–H groups in total. The first kappa shape index (κ1) is 17.8. The standard InChI is InChI=1S/C20H20N6O2/c27-18(28)12-2-1-7-13-26-17-11-6-5-10-16(17)21-20(26)15-9-4-3-8-14(15)19-22-24-25-23-19/h3-6,8-11H,1-2,7,12-13H2,(H,27,28)(H,22,23,24,25). The van der Waals surface area contributed by atoms with Gasteiger partial charge < -0.3 is 9.67 Å². The van der Waals surface area contributed by atoms with E-state index in [0.717, 1.165) is 47.4 Å². The molecule has 8 nitrogen and oxygen atoms in total. The van der Waals surface area contributed by atoms with Crippen LogP contribution in [0.15, 0.2) is 48.5 Å². The highest BCUT2D eigenvalue weighted by molar-refractivity contribution is 5.85. The Bertz CT molecular complexity index is 1090. The number of hydrogen-bond donors (Lipinski definition) is 2. The lowest BCUT2D eigenvalue weighted by molar-refractivity contribution is -0.137. The van der Waals surface area contributed by atoms with Crippen molar-refractivity contribution in [1.82, 2.24) is 30.2 Å². The van der Waals surface area contributed by atoms with Gasteiger partial charge in [-0.3, -0.25) is 4.79 Å². The van der Waals surface area contributed by atoms with E-state index in [-0.39, 0.29) is 6.42 Å². The number of aliphatic carboxylic acids is 1. The van der Waals surface area contributed by atoms with E-state index in [1.54, 1.807) is 0 Å². The number of para-hydroxylation sites is 2. The van der Waals surface area contributed by atoms with Crippen molar-refractivity contribution >= 4 is 17.0 Å². The maximum atomic E-state index is 10.7. The molecule has 4 aromatic rings. The molecular formula is C20H20N6O2. The second kappa shape index (κ2) is 7.99. The number of nitrogens with one attached hydrogen (secondary N) is 1. The summed E-state index contributed by atoms with van der Waals surface area (Å²) < 4.78 is 2.19. The quantitative estimate of drug-likeness (QED) is 0.455. The van der Waals surface area contributed by atoms with Gasteiger partial charge in [0.2, 0.25) is 5.82 Å². The Labute approximate surface area is 161 Å². The van der Waals surface area contributed by atoms with E-state index in [0.29, 0.717) is 12.2 Å². The molecule has 142 valence electrons. The van der Waals surface area contributed by atoms with E-state index < -0.39 is 5.97 Å². The van der Waals surface area contributed by atoms with Crippen LogP contribution in [-0.4, -0.2) is 41.3 Å². The lowest BCUT2D eigenvalue weighted by Crippen LogP contribution is -2.03. The number of unbranched alkanes of at least 4 members (excludes halogenated alkanes) is 2. The number of carbonyl (C=O) groups is 1. The van der Waals surface area contributed by atoms with Gasteiger partial charge in [0.05, 0.1) is 11.0 Å². The average molecular weight is 376 g/mol. The van der Waals surface area contributed by atoms with E-state index in [4.69, 9.17) is 10.1 Å². The molecule has 0 fully saturated rings. The van der Waals surface area contributed by atoms with Crippen LogP contribution in [0.3, 0.4) is 0 Å². The Morgan fingerprint density at radius 2 is 1.79 bits per heavy atom. The summed E-state index contributed by atoms with van der Waals surface area (Å²) in [4.78, 5) is 15.6. The summed E-state index contributed by atoms with van der Waals surface area (Å²) in [5.41, 5.74) is 3.77. The summed E-state index contributed by atoms with van der Waals surface area (Å²) in [5, 5.41) is 23.2. The van der Waals surface area contributed by atoms with Gasteiger partial charge in [-0.2, -0.15) is 5.21 Å². The molecule has 8 heteroatoms. The summed E-state index contributed by atoms with van der Waals surface area (Å²) in [6.07, 6.45) is 2.62. The molecule has 0 aliphatic heterocycles. The van der Waals surface area contributed by atoms with Crippen molar-refractivity contribution in [3.63, 3.8) is 0 Å². The number of H-pyrrole nitrogens is 1. The van der Waals surface area contributed by atoms with Crippen LogP contribution < -0.4 is 0 Å². The van der Waals surface area contributed by atoms with Gasteiger partial charge in [0, 0.05) is 24.1 Å². The fourth-order valence-electron chi connectivity index (χ4n) is 3.38. The Hall–Kier alpha value is -3.55. The minimum Gasteiger partial charge on any atom is -0.481 e. The molecule has 0 saturated heterocycles. The number of rotatable bonds is 8. The normalized spacial score (nSPS) is 11.1. The molecule has 0 saturated carbocycles. The number of aryl methyl sites for hydroxylation is 1. The molecule has 0 aliphatic rings. The maximum Gasteiger partial charge on any atom is 0.303 e. The fraction of sp³-hybridized carbons (Fsp3) is 0.250. The number of aromatic amines is 1. The van der Waals surface area contributed by atoms with Crippen LogP contribution in [0.1, 0.15) is 25.7 Å². The first-order valence-electron chi connectivity index (χ1n) is 9.24. The van der Waals surface area contributed by atoms with Crippen molar-refractivity contribution in [2.75, 3.05) is 0 Å². The van der Waals surface area contributed by atoms with Gasteiger partial charge in [-0.1, -0.05) is 42.8 Å². The number of fused-ring (bicyclic) bond motifs is 1. The number of nitrogens with zero attached hydrogens (tertiary/aromatic N) is 5. The second-order valence-electron chi connectivity index (χ2n) is 6.56. The molecule has 4 rings (SSSR count). The lowest BCUT2D eigenvalue weighted by atomic mass is 10.1. The van der Waals surface area contributed by atoms with E-state index in [1.165, 1.54) is 0 Å². The molecule has 28 heavy (non-hydrogen) atoms. The first-order chi connectivity index (χ1) is 13.7. The molecule has 0 radical (unpaired) electrons. The molecule has 0 amide bonds. The molecule has 2 heterocycles. The summed E-state index contributed by atoms with van der Waals surface area (Å²) in [5.74, 6) is 0.623. The highest BCUT2D eigenvalue weighted by atomic mass is 16.4. The number of aromatic nitrogens is 6. The van der Waals surface area contributed by atoms with Crippen molar-refractivity contribution in [2.24, 2.45) is 0 Å². The highest BCUT2D eigenvalue weighted by Gasteiger charge is 2.17. The molecule has 0 bridgehead atoms. The average Bonchev–Trinajstić information content (AvgIpc) is 3.36. The number of carboxylic acids is 1. The fourth-order valence-corrected chi connectivity index (χ4v) is 3.38. The Morgan fingerprint density at radius 1 is 1.00 bits per heavy atom. The monoisotopic (exact) mass is 376 g/mol. The van der Waals surface area contributed by atoms with Crippen LogP contribution in [0.25, 0.3) is 33.8 Å². The van der Waals surface area contributed by atoms with Crippen molar-refractivity contribution in [3.05, 3.63) is 48.5 Å². The lowest BCUT2D eigenvalue weighted by Gasteiger charge is -2.11. The van der Waals surface area contributed by atoms with Gasteiger partial charge in [-0.15, -0.1) is 10.2 Å². The van der Waals surface area contributed by atoms with Gasteiger partial charge >= 0.3 is 5.97 Å². The molecule has 0 spiro atoms. The summed E-state index contributed by atoms with van der Waals surface area (Å²) in [6, 6.07) is 15.9.